The van der Waals surface area contributed by atoms with Gasteiger partial charge < -0.3 is 19.9 Å². The second-order valence-electron chi connectivity index (χ2n) is 5.39. The molecule has 1 aromatic rings. The predicted octanol–water partition coefficient (Wildman–Crippen LogP) is 1.52. The Morgan fingerprint density at radius 1 is 1.50 bits per heavy atom. The summed E-state index contributed by atoms with van der Waals surface area (Å²) in [6.45, 7) is 5.16. The molecule has 0 bridgehead atoms. The number of carbonyl (C=O) groups excluding carboxylic acids is 2. The van der Waals surface area contributed by atoms with Crippen LogP contribution >= 0.6 is 0 Å². The number of hydrogen-bond donors (Lipinski definition) is 2. The Morgan fingerprint density at radius 2 is 2.23 bits per heavy atom. The molecule has 1 aliphatic rings. The lowest BCUT2D eigenvalue weighted by molar-refractivity contribution is 0.0735. The fourth-order valence-corrected chi connectivity index (χ4v) is 2.82. The van der Waals surface area contributed by atoms with E-state index in [-0.39, 0.29) is 12.5 Å². The Kier molecular flexibility index (Phi) is 4.85. The van der Waals surface area contributed by atoms with Crippen molar-refractivity contribution in [2.45, 2.75) is 26.7 Å². The van der Waals surface area contributed by atoms with Gasteiger partial charge in [-0.2, -0.15) is 0 Å². The number of aromatic nitrogens is 1. The molecule has 2 rings (SSSR count). The summed E-state index contributed by atoms with van der Waals surface area (Å²) in [5.41, 5.74) is 2.49. The van der Waals surface area contributed by atoms with Gasteiger partial charge in [0.05, 0.1) is 11.3 Å². The molecule has 0 unspecified atom stereocenters. The van der Waals surface area contributed by atoms with E-state index in [1.165, 1.54) is 4.90 Å². The number of nitrogens with zero attached hydrogens (tertiary/aromatic N) is 2. The van der Waals surface area contributed by atoms with Crippen LogP contribution in [0.15, 0.2) is 0 Å². The number of likely N-dealkylation sites (N-methyl/N-ethyl adjacent to an activating group) is 1. The maximum Gasteiger partial charge on any atom is 0.407 e. The van der Waals surface area contributed by atoms with Gasteiger partial charge >= 0.3 is 6.09 Å². The predicted molar refractivity (Wildman–Crippen MR) is 80.4 cm³/mol. The summed E-state index contributed by atoms with van der Waals surface area (Å²) in [5.74, 6) is -0.129. The molecular formula is C15H21N3O4. The molecule has 0 aliphatic carbocycles. The van der Waals surface area contributed by atoms with Gasteiger partial charge in [0.2, 0.25) is 0 Å². The van der Waals surface area contributed by atoms with Gasteiger partial charge in [-0.05, 0) is 32.3 Å². The zero-order valence-electron chi connectivity index (χ0n) is 12.9. The first kappa shape index (κ1) is 16.1. The standard InChI is InChI=1S/C15H21N3O4/c1-3-17(15(21)22)7-8-18-6-4-5-11-13(14(18)20)10(2)12(9-19)16-11/h9,16H,3-8H2,1-2H3,(H,21,22). The highest BCUT2D eigenvalue weighted by Gasteiger charge is 2.27. The number of H-pyrrole nitrogens is 1. The maximum absolute atomic E-state index is 12.7. The van der Waals surface area contributed by atoms with Crippen LogP contribution in [-0.2, 0) is 6.42 Å². The molecule has 0 saturated heterocycles. The lowest BCUT2D eigenvalue weighted by atomic mass is 10.1. The molecule has 2 N–H and O–H groups in total. The van der Waals surface area contributed by atoms with Crippen LogP contribution in [0.1, 0.15) is 45.4 Å². The van der Waals surface area contributed by atoms with Gasteiger partial charge in [0.25, 0.3) is 5.91 Å². The monoisotopic (exact) mass is 307 g/mol. The quantitative estimate of drug-likeness (QED) is 0.807. The molecular weight excluding hydrogens is 286 g/mol. The molecule has 7 nitrogen and oxygen atoms in total. The average Bonchev–Trinajstić information content (AvgIpc) is 2.71. The van der Waals surface area contributed by atoms with Crippen LogP contribution in [0.5, 0.6) is 0 Å². The molecule has 0 fully saturated rings. The molecule has 7 heteroatoms. The third kappa shape index (κ3) is 2.98. The number of carbonyl (C=O) groups is 3. The van der Waals surface area contributed by atoms with Gasteiger partial charge in [-0.15, -0.1) is 0 Å². The fourth-order valence-electron chi connectivity index (χ4n) is 2.82. The second kappa shape index (κ2) is 6.64. The smallest absolute Gasteiger partial charge is 0.407 e. The van der Waals surface area contributed by atoms with Gasteiger partial charge in [-0.1, -0.05) is 0 Å². The normalized spacial score (nSPS) is 14.5. The molecule has 0 radical (unpaired) electrons. The Balaban J connectivity index is 2.17. The molecule has 1 aromatic heterocycles. The van der Waals surface area contributed by atoms with Crippen molar-refractivity contribution in [1.82, 2.24) is 14.8 Å². The van der Waals surface area contributed by atoms with Crippen molar-refractivity contribution in [3.05, 3.63) is 22.5 Å². The summed E-state index contributed by atoms with van der Waals surface area (Å²) < 4.78 is 0. The number of aryl methyl sites for hydroxylation is 1. The van der Waals surface area contributed by atoms with E-state index < -0.39 is 6.09 Å². The van der Waals surface area contributed by atoms with Crippen molar-refractivity contribution in [3.8, 4) is 0 Å². The van der Waals surface area contributed by atoms with E-state index in [0.717, 1.165) is 18.4 Å². The summed E-state index contributed by atoms with van der Waals surface area (Å²) in [4.78, 5) is 40.7. The number of aromatic amines is 1. The van der Waals surface area contributed by atoms with E-state index >= 15 is 0 Å². The summed E-state index contributed by atoms with van der Waals surface area (Å²) in [6, 6.07) is 0. The zero-order valence-corrected chi connectivity index (χ0v) is 12.9. The van der Waals surface area contributed by atoms with Crippen molar-refractivity contribution in [3.63, 3.8) is 0 Å². The molecule has 22 heavy (non-hydrogen) atoms. The second-order valence-corrected chi connectivity index (χ2v) is 5.39. The number of aldehydes is 1. The Morgan fingerprint density at radius 3 is 2.82 bits per heavy atom. The minimum Gasteiger partial charge on any atom is -0.465 e. The van der Waals surface area contributed by atoms with Crippen molar-refractivity contribution in [1.29, 1.82) is 0 Å². The SMILES string of the molecule is CCN(CCN1CCCc2[nH]c(C=O)c(C)c2C1=O)C(=O)O. The van der Waals surface area contributed by atoms with Crippen molar-refractivity contribution in [2.24, 2.45) is 0 Å². The molecule has 2 amide bonds. The number of rotatable bonds is 5. The molecule has 0 aromatic carbocycles. The average molecular weight is 307 g/mol. The lowest BCUT2D eigenvalue weighted by Gasteiger charge is -2.24. The molecule has 0 spiro atoms. The highest BCUT2D eigenvalue weighted by Crippen LogP contribution is 2.23. The fraction of sp³-hybridized carbons (Fsp3) is 0.533. The first-order chi connectivity index (χ1) is 10.5. The minimum absolute atomic E-state index is 0.129. The lowest BCUT2D eigenvalue weighted by Crippen LogP contribution is -2.40. The van der Waals surface area contributed by atoms with Crippen LogP contribution in [0.25, 0.3) is 0 Å². The minimum atomic E-state index is -0.980. The van der Waals surface area contributed by atoms with E-state index in [1.54, 1.807) is 18.7 Å². The van der Waals surface area contributed by atoms with Crippen LogP contribution in [0.4, 0.5) is 4.79 Å². The van der Waals surface area contributed by atoms with Gasteiger partial charge in [-0.25, -0.2) is 4.79 Å². The van der Waals surface area contributed by atoms with Crippen molar-refractivity contribution < 1.29 is 19.5 Å². The Hall–Kier alpha value is -2.31. The van der Waals surface area contributed by atoms with Crippen LogP contribution in [0.3, 0.4) is 0 Å². The highest BCUT2D eigenvalue weighted by atomic mass is 16.4. The summed E-state index contributed by atoms with van der Waals surface area (Å²) in [5, 5.41) is 9.04. The Labute approximate surface area is 128 Å². The van der Waals surface area contributed by atoms with Crippen LogP contribution in [0, 0.1) is 6.92 Å². The first-order valence-corrected chi connectivity index (χ1v) is 7.43. The summed E-state index contributed by atoms with van der Waals surface area (Å²) in [6.07, 6.45) is 1.25. The van der Waals surface area contributed by atoms with Gasteiger partial charge in [0.15, 0.2) is 6.29 Å². The third-order valence-corrected chi connectivity index (χ3v) is 4.13. The van der Waals surface area contributed by atoms with E-state index in [4.69, 9.17) is 5.11 Å². The van der Waals surface area contributed by atoms with Crippen molar-refractivity contribution >= 4 is 18.3 Å². The van der Waals surface area contributed by atoms with E-state index in [0.29, 0.717) is 42.9 Å². The number of amides is 2. The van der Waals surface area contributed by atoms with E-state index in [9.17, 15) is 14.4 Å². The van der Waals surface area contributed by atoms with E-state index in [1.807, 2.05) is 0 Å². The Bertz CT molecular complexity index is 594. The largest absolute Gasteiger partial charge is 0.465 e. The summed E-state index contributed by atoms with van der Waals surface area (Å²) >= 11 is 0. The van der Waals surface area contributed by atoms with Gasteiger partial charge in [0, 0.05) is 31.9 Å². The van der Waals surface area contributed by atoms with Gasteiger partial charge in [-0.3, -0.25) is 9.59 Å². The van der Waals surface area contributed by atoms with E-state index in [2.05, 4.69) is 4.98 Å². The molecule has 0 atom stereocenters. The molecule has 2 heterocycles. The van der Waals surface area contributed by atoms with Crippen LogP contribution in [0.2, 0.25) is 0 Å². The molecule has 0 saturated carbocycles. The summed E-state index contributed by atoms with van der Waals surface area (Å²) in [7, 11) is 0. The molecule has 1 aliphatic heterocycles. The topological polar surface area (TPSA) is 93.7 Å². The van der Waals surface area contributed by atoms with Crippen molar-refractivity contribution in [2.75, 3.05) is 26.2 Å². The van der Waals surface area contributed by atoms with Crippen LogP contribution in [-0.4, -0.2) is 64.4 Å². The third-order valence-electron chi connectivity index (χ3n) is 4.13. The maximum atomic E-state index is 12.7. The molecule has 120 valence electrons. The zero-order chi connectivity index (χ0) is 16.3. The van der Waals surface area contributed by atoms with Crippen LogP contribution < -0.4 is 0 Å². The number of carboxylic acid groups (broad SMARTS) is 1. The highest BCUT2D eigenvalue weighted by molar-refractivity contribution is 5.99. The number of fused-ring (bicyclic) bond motifs is 1. The number of nitrogens with one attached hydrogen (secondary N) is 1. The van der Waals surface area contributed by atoms with Gasteiger partial charge in [0.1, 0.15) is 0 Å². The first-order valence-electron chi connectivity index (χ1n) is 7.43. The number of hydrogen-bond acceptors (Lipinski definition) is 3.